The minimum absolute atomic E-state index is 0.309. The first kappa shape index (κ1) is 20.8. The molecule has 4 nitrogen and oxygen atoms in total. The molecule has 1 saturated carbocycles. The van der Waals surface area contributed by atoms with Gasteiger partial charge in [0.05, 0.1) is 15.2 Å². The third-order valence-corrected chi connectivity index (χ3v) is 7.73. The summed E-state index contributed by atoms with van der Waals surface area (Å²) in [6.07, 6.45) is 4.71. The van der Waals surface area contributed by atoms with E-state index in [2.05, 4.69) is 79.0 Å². The summed E-state index contributed by atoms with van der Waals surface area (Å²) in [6, 6.07) is 10.6. The van der Waals surface area contributed by atoms with Crippen molar-refractivity contribution in [1.82, 2.24) is 5.32 Å². The van der Waals surface area contributed by atoms with E-state index < -0.39 is 5.54 Å². The van der Waals surface area contributed by atoms with E-state index in [9.17, 15) is 4.79 Å². The number of hydrogen-bond donors (Lipinski definition) is 1. The molecule has 4 rings (SSSR count). The lowest BCUT2D eigenvalue weighted by atomic mass is 9.72. The number of ether oxygens (including phenoxy) is 2. The van der Waals surface area contributed by atoms with Crippen LogP contribution in [0.3, 0.4) is 0 Å². The van der Waals surface area contributed by atoms with Gasteiger partial charge < -0.3 is 14.8 Å². The number of fused-ring (bicyclic) bond motifs is 1. The summed E-state index contributed by atoms with van der Waals surface area (Å²) in [5, 5.41) is 5.25. The molecule has 1 aliphatic carbocycles. The van der Waals surface area contributed by atoms with Gasteiger partial charge in [-0.05, 0) is 95.0 Å². The average molecular weight is 507 g/mol. The minimum Gasteiger partial charge on any atom is -0.489 e. The molecule has 1 N–H and O–H groups in total. The van der Waals surface area contributed by atoms with Crippen molar-refractivity contribution >= 4 is 39.5 Å². The monoisotopic (exact) mass is 507 g/mol. The maximum atomic E-state index is 11.5. The summed E-state index contributed by atoms with van der Waals surface area (Å²) < 4.78 is 12.7. The number of carbonyl (C=O) groups excluding carboxylic acids is 1. The number of rotatable bonds is 3. The van der Waals surface area contributed by atoms with Crippen molar-refractivity contribution in [2.75, 3.05) is 6.61 Å². The van der Waals surface area contributed by atoms with Crippen LogP contribution >= 0.6 is 22.6 Å². The van der Waals surface area contributed by atoms with Crippen molar-refractivity contribution in [3.05, 3.63) is 39.5 Å². The number of nitrogens with one attached hydrogen (secondary N) is 1. The molecular weight excluding hydrogens is 477 g/mol. The minimum atomic E-state index is -0.475. The largest absolute Gasteiger partial charge is 0.489 e. The predicted molar refractivity (Wildman–Crippen MR) is 124 cm³/mol. The van der Waals surface area contributed by atoms with Crippen LogP contribution in [0, 0.1) is 14.9 Å². The second kappa shape index (κ2) is 7.64. The Labute approximate surface area is 186 Å². The van der Waals surface area contributed by atoms with E-state index >= 15 is 0 Å². The molecule has 1 aliphatic heterocycles. The van der Waals surface area contributed by atoms with Gasteiger partial charge in [-0.2, -0.15) is 0 Å². The molecular formula is C24H30INO3. The third-order valence-electron chi connectivity index (χ3n) is 6.62. The van der Waals surface area contributed by atoms with Crippen LogP contribution in [0.2, 0.25) is 0 Å². The average Bonchev–Trinajstić information content (AvgIpc) is 3.03. The Morgan fingerprint density at radius 2 is 1.86 bits per heavy atom. The van der Waals surface area contributed by atoms with E-state index in [1.54, 1.807) is 0 Å². The van der Waals surface area contributed by atoms with Crippen LogP contribution in [0.25, 0.3) is 10.8 Å². The van der Waals surface area contributed by atoms with Crippen LogP contribution in [0.15, 0.2) is 30.3 Å². The Morgan fingerprint density at radius 1 is 1.14 bits per heavy atom. The SMILES string of the molecule is CC(C)(C)[C@H]1CC[C@H](Oc2ccc3cc([C@]4(C)COC(=O)N4)ccc3c2I)CC1. The molecule has 1 amide bonds. The topological polar surface area (TPSA) is 47.6 Å². The summed E-state index contributed by atoms with van der Waals surface area (Å²) in [5.74, 6) is 1.77. The van der Waals surface area contributed by atoms with Gasteiger partial charge in [0, 0.05) is 0 Å². The van der Waals surface area contributed by atoms with E-state index in [-0.39, 0.29) is 6.09 Å². The lowest BCUT2D eigenvalue weighted by Gasteiger charge is -2.37. The molecule has 2 aliphatic rings. The molecule has 0 radical (unpaired) electrons. The first-order valence-corrected chi connectivity index (χ1v) is 11.6. The summed E-state index contributed by atoms with van der Waals surface area (Å²) in [4.78, 5) is 11.5. The van der Waals surface area contributed by atoms with Crippen LogP contribution in [-0.4, -0.2) is 18.8 Å². The fourth-order valence-corrected chi connectivity index (χ4v) is 5.39. The van der Waals surface area contributed by atoms with E-state index in [1.165, 1.54) is 18.2 Å². The lowest BCUT2D eigenvalue weighted by molar-refractivity contribution is 0.0878. The summed E-state index contributed by atoms with van der Waals surface area (Å²) in [7, 11) is 0. The van der Waals surface area contributed by atoms with Crippen molar-refractivity contribution in [1.29, 1.82) is 0 Å². The highest BCUT2D eigenvalue weighted by molar-refractivity contribution is 14.1. The zero-order valence-electron chi connectivity index (χ0n) is 17.7. The van der Waals surface area contributed by atoms with Crippen LogP contribution in [0.1, 0.15) is 58.9 Å². The van der Waals surface area contributed by atoms with Gasteiger partial charge >= 0.3 is 6.09 Å². The lowest BCUT2D eigenvalue weighted by Crippen LogP contribution is -2.37. The quantitative estimate of drug-likeness (QED) is 0.491. The number of alkyl carbamates (subject to hydrolysis) is 1. The zero-order chi connectivity index (χ0) is 20.8. The van der Waals surface area contributed by atoms with Gasteiger partial charge in [-0.3, -0.25) is 0 Å². The van der Waals surface area contributed by atoms with Crippen molar-refractivity contribution in [3.63, 3.8) is 0 Å². The Kier molecular flexibility index (Phi) is 5.47. The smallest absolute Gasteiger partial charge is 0.408 e. The molecule has 1 heterocycles. The third kappa shape index (κ3) is 4.21. The number of carbonyl (C=O) groups is 1. The fourth-order valence-electron chi connectivity index (χ4n) is 4.60. The van der Waals surface area contributed by atoms with Gasteiger partial charge in [-0.1, -0.05) is 39.0 Å². The highest BCUT2D eigenvalue weighted by Crippen LogP contribution is 2.40. The fraction of sp³-hybridized carbons (Fsp3) is 0.542. The van der Waals surface area contributed by atoms with Gasteiger partial charge in [-0.15, -0.1) is 0 Å². The molecule has 2 aromatic carbocycles. The van der Waals surface area contributed by atoms with E-state index in [1.807, 2.05) is 6.92 Å². The first-order chi connectivity index (χ1) is 13.7. The molecule has 0 unspecified atom stereocenters. The molecule has 156 valence electrons. The molecule has 1 saturated heterocycles. The maximum Gasteiger partial charge on any atom is 0.408 e. The van der Waals surface area contributed by atoms with Gasteiger partial charge in [-0.25, -0.2) is 4.79 Å². The van der Waals surface area contributed by atoms with Gasteiger partial charge in [0.1, 0.15) is 12.4 Å². The standard InChI is InChI=1S/C24H30INO3/c1-23(2,3)16-6-9-18(10-7-16)29-20-12-5-15-13-17(8-11-19(15)21(20)25)24(4)14-28-22(27)26-24/h5,8,11-13,16,18H,6-7,9-10,14H2,1-4H3,(H,26,27)/t16-,18-,24-/m0/s1. The number of hydrogen-bond acceptors (Lipinski definition) is 3. The summed E-state index contributed by atoms with van der Waals surface area (Å²) in [5.41, 5.74) is 0.971. The number of halogens is 1. The van der Waals surface area contributed by atoms with Crippen molar-refractivity contribution in [2.45, 2.75) is 65.0 Å². The summed E-state index contributed by atoms with van der Waals surface area (Å²) in [6.45, 7) is 9.40. The molecule has 1 atom stereocenters. The second-order valence-electron chi connectivity index (χ2n) is 9.80. The Bertz CT molecular complexity index is 928. The molecule has 0 spiro atoms. The Balaban J connectivity index is 1.51. The zero-order valence-corrected chi connectivity index (χ0v) is 19.8. The second-order valence-corrected chi connectivity index (χ2v) is 10.9. The maximum absolute atomic E-state index is 11.5. The molecule has 0 bridgehead atoms. The normalized spacial score (nSPS) is 27.6. The number of amides is 1. The van der Waals surface area contributed by atoms with Crippen molar-refractivity contribution < 1.29 is 14.3 Å². The summed E-state index contributed by atoms with van der Waals surface area (Å²) >= 11 is 2.40. The Hall–Kier alpha value is -1.50. The van der Waals surface area contributed by atoms with Gasteiger partial charge in [0.2, 0.25) is 0 Å². The van der Waals surface area contributed by atoms with E-state index in [0.717, 1.165) is 39.0 Å². The highest BCUT2D eigenvalue weighted by atomic mass is 127. The van der Waals surface area contributed by atoms with Gasteiger partial charge in [0.25, 0.3) is 0 Å². The van der Waals surface area contributed by atoms with Crippen LogP contribution in [-0.2, 0) is 10.3 Å². The molecule has 2 aromatic rings. The van der Waals surface area contributed by atoms with Crippen LogP contribution < -0.4 is 10.1 Å². The predicted octanol–water partition coefficient (Wildman–Crippen LogP) is 6.38. The van der Waals surface area contributed by atoms with E-state index in [4.69, 9.17) is 9.47 Å². The first-order valence-electron chi connectivity index (χ1n) is 10.5. The van der Waals surface area contributed by atoms with Crippen LogP contribution in [0.4, 0.5) is 4.79 Å². The van der Waals surface area contributed by atoms with E-state index in [0.29, 0.717) is 18.1 Å². The number of cyclic esters (lactones) is 1. The Morgan fingerprint density at radius 3 is 2.48 bits per heavy atom. The molecule has 2 fully saturated rings. The number of benzene rings is 2. The van der Waals surface area contributed by atoms with Gasteiger partial charge in [0.15, 0.2) is 0 Å². The highest BCUT2D eigenvalue weighted by Gasteiger charge is 2.36. The van der Waals surface area contributed by atoms with Crippen molar-refractivity contribution in [2.24, 2.45) is 11.3 Å². The molecule has 29 heavy (non-hydrogen) atoms. The van der Waals surface area contributed by atoms with Crippen LogP contribution in [0.5, 0.6) is 5.75 Å². The molecule has 0 aromatic heterocycles. The molecule has 5 heteroatoms. The van der Waals surface area contributed by atoms with Crippen molar-refractivity contribution in [3.8, 4) is 5.75 Å².